The van der Waals surface area contributed by atoms with Crippen LogP contribution in [0.25, 0.3) is 0 Å². The second-order valence-corrected chi connectivity index (χ2v) is 7.98. The van der Waals surface area contributed by atoms with Gasteiger partial charge >= 0.3 is 0 Å². The Hall–Kier alpha value is -3.73. The SMILES string of the molecule is O=C(NC(CCCc1ccccc1)c1ccccc1)c1ccc(N2C(=O)CCC2=O)cc1. The third kappa shape index (κ3) is 5.11. The zero-order valence-electron chi connectivity index (χ0n) is 17.9. The molecule has 5 heteroatoms. The van der Waals surface area contributed by atoms with Crippen LogP contribution in [-0.4, -0.2) is 17.7 Å². The van der Waals surface area contributed by atoms with E-state index in [-0.39, 0.29) is 36.6 Å². The van der Waals surface area contributed by atoms with Crippen LogP contribution in [0, 0.1) is 0 Å². The van der Waals surface area contributed by atoms with E-state index in [0.717, 1.165) is 24.8 Å². The number of nitrogens with one attached hydrogen (secondary N) is 1. The lowest BCUT2D eigenvalue weighted by Gasteiger charge is -2.20. The molecule has 0 radical (unpaired) electrons. The number of rotatable bonds is 8. The molecule has 3 aromatic rings. The fourth-order valence-corrected chi connectivity index (χ4v) is 4.03. The van der Waals surface area contributed by atoms with Crippen LogP contribution in [0.4, 0.5) is 5.69 Å². The van der Waals surface area contributed by atoms with Gasteiger partial charge in [-0.2, -0.15) is 0 Å². The predicted octanol–water partition coefficient (Wildman–Crippen LogP) is 4.83. The van der Waals surface area contributed by atoms with Gasteiger partial charge in [0.05, 0.1) is 11.7 Å². The molecule has 0 aromatic heterocycles. The number of carbonyl (C=O) groups is 3. The highest BCUT2D eigenvalue weighted by Gasteiger charge is 2.30. The molecule has 0 bridgehead atoms. The maximum absolute atomic E-state index is 13.0. The van der Waals surface area contributed by atoms with Gasteiger partial charge in [0.1, 0.15) is 0 Å². The van der Waals surface area contributed by atoms with Crippen molar-refractivity contribution in [2.45, 2.75) is 38.1 Å². The maximum atomic E-state index is 13.0. The number of nitrogens with zero attached hydrogens (tertiary/aromatic N) is 1. The van der Waals surface area contributed by atoms with Crippen molar-refractivity contribution >= 4 is 23.4 Å². The topological polar surface area (TPSA) is 66.5 Å². The number of aryl methyl sites for hydroxylation is 1. The molecule has 1 aliphatic heterocycles. The first-order valence-electron chi connectivity index (χ1n) is 11.0. The van der Waals surface area contributed by atoms with Crippen LogP contribution >= 0.6 is 0 Å². The van der Waals surface area contributed by atoms with Gasteiger partial charge in [-0.25, -0.2) is 0 Å². The molecular formula is C27H26N2O3. The summed E-state index contributed by atoms with van der Waals surface area (Å²) in [5.41, 5.74) is 3.36. The molecule has 1 aliphatic rings. The number of amides is 3. The summed E-state index contributed by atoms with van der Waals surface area (Å²) in [7, 11) is 0. The minimum atomic E-state index is -0.199. The summed E-state index contributed by atoms with van der Waals surface area (Å²) in [6, 6.07) is 26.8. The Kier molecular flexibility index (Phi) is 6.75. The van der Waals surface area contributed by atoms with E-state index in [0.29, 0.717) is 11.3 Å². The summed E-state index contributed by atoms with van der Waals surface area (Å²) < 4.78 is 0. The quantitative estimate of drug-likeness (QED) is 0.525. The zero-order chi connectivity index (χ0) is 22.3. The van der Waals surface area contributed by atoms with Crippen molar-refractivity contribution in [3.8, 4) is 0 Å². The van der Waals surface area contributed by atoms with Crippen LogP contribution in [0.15, 0.2) is 84.9 Å². The molecule has 1 N–H and O–H groups in total. The standard InChI is InChI=1S/C27H26N2O3/c30-25-18-19-26(31)29(25)23-16-14-22(15-17-23)27(32)28-24(21-11-5-2-6-12-21)13-7-10-20-8-3-1-4-9-20/h1-6,8-9,11-12,14-17,24H,7,10,13,18-19H2,(H,28,32). The van der Waals surface area contributed by atoms with Crippen molar-refractivity contribution in [1.29, 1.82) is 0 Å². The van der Waals surface area contributed by atoms with E-state index in [9.17, 15) is 14.4 Å². The second kappa shape index (κ2) is 10.1. The highest BCUT2D eigenvalue weighted by atomic mass is 16.2. The van der Waals surface area contributed by atoms with Gasteiger partial charge in [-0.15, -0.1) is 0 Å². The minimum absolute atomic E-state index is 0.103. The number of hydrogen-bond acceptors (Lipinski definition) is 3. The largest absolute Gasteiger partial charge is 0.345 e. The van der Waals surface area contributed by atoms with Gasteiger partial charge in [-0.3, -0.25) is 19.3 Å². The van der Waals surface area contributed by atoms with Crippen molar-refractivity contribution in [3.05, 3.63) is 102 Å². The Labute approximate surface area is 188 Å². The van der Waals surface area contributed by atoms with Crippen LogP contribution in [0.2, 0.25) is 0 Å². The molecule has 1 fully saturated rings. The Balaban J connectivity index is 1.43. The molecule has 0 aliphatic carbocycles. The monoisotopic (exact) mass is 426 g/mol. The molecule has 0 saturated carbocycles. The van der Waals surface area contributed by atoms with E-state index in [2.05, 4.69) is 17.4 Å². The molecule has 1 heterocycles. The van der Waals surface area contributed by atoms with Crippen molar-refractivity contribution in [3.63, 3.8) is 0 Å². The minimum Gasteiger partial charge on any atom is -0.345 e. The average molecular weight is 427 g/mol. The van der Waals surface area contributed by atoms with E-state index < -0.39 is 0 Å². The summed E-state index contributed by atoms with van der Waals surface area (Å²) in [6.45, 7) is 0. The van der Waals surface area contributed by atoms with Crippen LogP contribution < -0.4 is 10.2 Å². The zero-order valence-corrected chi connectivity index (χ0v) is 17.9. The molecule has 162 valence electrons. The lowest BCUT2D eigenvalue weighted by molar-refractivity contribution is -0.121. The van der Waals surface area contributed by atoms with Crippen LogP contribution in [0.3, 0.4) is 0 Å². The lowest BCUT2D eigenvalue weighted by Crippen LogP contribution is -2.30. The number of carbonyl (C=O) groups excluding carboxylic acids is 3. The van der Waals surface area contributed by atoms with E-state index in [1.54, 1.807) is 24.3 Å². The molecule has 32 heavy (non-hydrogen) atoms. The second-order valence-electron chi connectivity index (χ2n) is 7.98. The first-order chi connectivity index (χ1) is 15.6. The molecule has 0 spiro atoms. The summed E-state index contributed by atoms with van der Waals surface area (Å²) in [5, 5.41) is 3.16. The van der Waals surface area contributed by atoms with E-state index in [1.165, 1.54) is 10.5 Å². The molecule has 1 saturated heterocycles. The van der Waals surface area contributed by atoms with Crippen molar-refractivity contribution < 1.29 is 14.4 Å². The summed E-state index contributed by atoms with van der Waals surface area (Å²) in [6.07, 6.45) is 3.19. The Morgan fingerprint density at radius 2 is 1.41 bits per heavy atom. The first-order valence-corrected chi connectivity index (χ1v) is 11.0. The van der Waals surface area contributed by atoms with Crippen molar-refractivity contribution in [2.24, 2.45) is 0 Å². The Bertz CT molecular complexity index is 1060. The van der Waals surface area contributed by atoms with Crippen LogP contribution in [0.1, 0.15) is 53.2 Å². The Morgan fingerprint density at radius 1 is 0.812 bits per heavy atom. The summed E-state index contributed by atoms with van der Waals surface area (Å²) >= 11 is 0. The predicted molar refractivity (Wildman–Crippen MR) is 124 cm³/mol. The van der Waals surface area contributed by atoms with Crippen LogP contribution in [-0.2, 0) is 16.0 Å². The highest BCUT2D eigenvalue weighted by Crippen LogP contribution is 2.24. The number of hydrogen-bond donors (Lipinski definition) is 1. The maximum Gasteiger partial charge on any atom is 0.251 e. The van der Waals surface area contributed by atoms with Gasteiger partial charge in [0.15, 0.2) is 0 Å². The number of imide groups is 1. The fraction of sp³-hybridized carbons (Fsp3) is 0.222. The average Bonchev–Trinajstić information content (AvgIpc) is 3.17. The van der Waals surface area contributed by atoms with Crippen LogP contribution in [0.5, 0.6) is 0 Å². The molecule has 5 nitrogen and oxygen atoms in total. The van der Waals surface area contributed by atoms with E-state index >= 15 is 0 Å². The molecule has 1 atom stereocenters. The molecule has 3 amide bonds. The third-order valence-corrected chi connectivity index (χ3v) is 5.75. The van der Waals surface area contributed by atoms with E-state index in [1.807, 2.05) is 48.5 Å². The Morgan fingerprint density at radius 3 is 2.03 bits per heavy atom. The van der Waals surface area contributed by atoms with Gasteiger partial charge in [-0.1, -0.05) is 60.7 Å². The van der Waals surface area contributed by atoms with Gasteiger partial charge in [-0.05, 0) is 54.7 Å². The lowest BCUT2D eigenvalue weighted by atomic mass is 9.98. The smallest absolute Gasteiger partial charge is 0.251 e. The number of anilines is 1. The van der Waals surface area contributed by atoms with Crippen molar-refractivity contribution in [1.82, 2.24) is 5.32 Å². The number of benzene rings is 3. The summed E-state index contributed by atoms with van der Waals surface area (Å²) in [4.78, 5) is 38.0. The first kappa shape index (κ1) is 21.5. The molecular weight excluding hydrogens is 400 g/mol. The molecule has 1 unspecified atom stereocenters. The summed E-state index contributed by atoms with van der Waals surface area (Å²) in [5.74, 6) is -0.575. The van der Waals surface area contributed by atoms with Gasteiger partial charge in [0.25, 0.3) is 5.91 Å². The third-order valence-electron chi connectivity index (χ3n) is 5.75. The molecule has 4 rings (SSSR count). The fourth-order valence-electron chi connectivity index (χ4n) is 4.03. The highest BCUT2D eigenvalue weighted by molar-refractivity contribution is 6.19. The van der Waals surface area contributed by atoms with Gasteiger partial charge < -0.3 is 5.32 Å². The van der Waals surface area contributed by atoms with Gasteiger partial charge in [0, 0.05) is 18.4 Å². The molecule has 3 aromatic carbocycles. The van der Waals surface area contributed by atoms with Crippen molar-refractivity contribution in [2.75, 3.05) is 4.90 Å². The van der Waals surface area contributed by atoms with E-state index in [4.69, 9.17) is 0 Å². The normalized spacial score (nSPS) is 14.4. The van der Waals surface area contributed by atoms with Gasteiger partial charge in [0.2, 0.25) is 11.8 Å².